The number of hydrogen-bond donors (Lipinski definition) is 1. The van der Waals surface area contributed by atoms with Gasteiger partial charge in [0.15, 0.2) is 0 Å². The van der Waals surface area contributed by atoms with Crippen molar-refractivity contribution in [3.05, 3.63) is 12.3 Å². The van der Waals surface area contributed by atoms with Crippen LogP contribution in [0, 0.1) is 0 Å². The minimum absolute atomic E-state index is 0. The molecule has 1 N–H and O–H groups in total. The predicted octanol–water partition coefficient (Wildman–Crippen LogP) is 5.08. The lowest BCUT2D eigenvalue weighted by Crippen LogP contribution is -2.03. The van der Waals surface area contributed by atoms with Gasteiger partial charge in [0, 0.05) is 0 Å². The van der Waals surface area contributed by atoms with E-state index in [2.05, 4.69) is 6.92 Å². The summed E-state index contributed by atoms with van der Waals surface area (Å²) < 4.78 is 4.82. The van der Waals surface area contributed by atoms with E-state index in [1.165, 1.54) is 76.9 Å². The fraction of sp³-hybridized carbons (Fsp3) is 0.800. The molecule has 0 heterocycles. The van der Waals surface area contributed by atoms with E-state index in [0.29, 0.717) is 0 Å². The first-order valence-electron chi connectivity index (χ1n) is 9.73. The molecule has 0 saturated heterocycles. The molecule has 0 amide bonds. The van der Waals surface area contributed by atoms with Gasteiger partial charge in [0.2, 0.25) is 0 Å². The highest BCUT2D eigenvalue weighted by Gasteiger charge is 2.04. The Bertz CT molecular complexity index is 343. The van der Waals surface area contributed by atoms with Crippen molar-refractivity contribution in [3.63, 3.8) is 0 Å². The number of unbranched alkanes of at least 4 members (excludes halogenated alkanes) is 12. The van der Waals surface area contributed by atoms with Gasteiger partial charge in [-0.3, -0.25) is 9.59 Å². The maximum absolute atomic E-state index is 11.1. The lowest BCUT2D eigenvalue weighted by molar-refractivity contribution is -0.144. The standard InChI is InChI=1S/C20H36O4.Mg.2H/c1-2-3-4-5-6-7-8-9-10-11-12-13-14-15-18-24-20(23)17-16-19(21)22;;;/h15,18H,2-14,16-17H2,1H3,(H,21,22);;;. The van der Waals surface area contributed by atoms with Crippen LogP contribution in [0.4, 0.5) is 0 Å². The average Bonchev–Trinajstić information content (AvgIpc) is 2.56. The van der Waals surface area contributed by atoms with Gasteiger partial charge in [-0.2, -0.15) is 0 Å². The van der Waals surface area contributed by atoms with Crippen molar-refractivity contribution in [2.45, 2.75) is 103 Å². The Morgan fingerprint density at radius 3 is 1.76 bits per heavy atom. The Kier molecular flexibility index (Phi) is 22.9. The molecule has 0 aromatic rings. The summed E-state index contributed by atoms with van der Waals surface area (Å²) in [7, 11) is 0. The van der Waals surface area contributed by atoms with E-state index in [9.17, 15) is 9.59 Å². The van der Waals surface area contributed by atoms with Gasteiger partial charge in [-0.25, -0.2) is 0 Å². The zero-order valence-electron chi connectivity index (χ0n) is 15.4. The molecule has 0 aliphatic heterocycles. The van der Waals surface area contributed by atoms with E-state index in [-0.39, 0.29) is 35.9 Å². The molecule has 0 unspecified atom stereocenters. The Labute approximate surface area is 169 Å². The number of ether oxygens (including phenoxy) is 1. The summed E-state index contributed by atoms with van der Waals surface area (Å²) in [6.07, 6.45) is 19.8. The molecule has 0 aliphatic carbocycles. The van der Waals surface area contributed by atoms with Crippen LogP contribution in [0.15, 0.2) is 12.3 Å². The summed E-state index contributed by atoms with van der Waals surface area (Å²) in [4.78, 5) is 21.4. The monoisotopic (exact) mass is 366 g/mol. The number of aliphatic carboxylic acids is 1. The highest BCUT2D eigenvalue weighted by Crippen LogP contribution is 2.12. The lowest BCUT2D eigenvalue weighted by atomic mass is 10.0. The van der Waals surface area contributed by atoms with Gasteiger partial charge in [-0.1, -0.05) is 77.6 Å². The zero-order chi connectivity index (χ0) is 17.9. The van der Waals surface area contributed by atoms with Gasteiger partial charge < -0.3 is 9.84 Å². The minimum atomic E-state index is -0.979. The number of carboxylic acid groups (broad SMARTS) is 1. The van der Waals surface area contributed by atoms with E-state index < -0.39 is 11.9 Å². The third-order valence-corrected chi connectivity index (χ3v) is 4.06. The minimum Gasteiger partial charge on any atom is -0.481 e. The van der Waals surface area contributed by atoms with Crippen LogP contribution in [0.3, 0.4) is 0 Å². The molecule has 0 spiro atoms. The number of carbonyl (C=O) groups is 2. The third-order valence-electron chi connectivity index (χ3n) is 4.06. The second-order valence-corrected chi connectivity index (χ2v) is 6.43. The first-order valence-corrected chi connectivity index (χ1v) is 9.73. The highest BCUT2D eigenvalue weighted by molar-refractivity contribution is 5.76. The quantitative estimate of drug-likeness (QED) is 0.169. The van der Waals surface area contributed by atoms with Crippen molar-refractivity contribution in [1.29, 1.82) is 0 Å². The topological polar surface area (TPSA) is 63.6 Å². The summed E-state index contributed by atoms with van der Waals surface area (Å²) in [6.45, 7) is 2.25. The van der Waals surface area contributed by atoms with Crippen LogP contribution < -0.4 is 0 Å². The van der Waals surface area contributed by atoms with Crippen molar-refractivity contribution < 1.29 is 19.4 Å². The number of rotatable bonds is 17. The molecule has 5 heteroatoms. The lowest BCUT2D eigenvalue weighted by Gasteiger charge is -2.02. The van der Waals surface area contributed by atoms with Gasteiger partial charge in [0.05, 0.1) is 19.1 Å². The summed E-state index contributed by atoms with van der Waals surface area (Å²) in [5.74, 6) is -1.46. The molecule has 0 fully saturated rings. The summed E-state index contributed by atoms with van der Waals surface area (Å²) in [5, 5.41) is 8.44. The fourth-order valence-electron chi connectivity index (χ4n) is 2.56. The van der Waals surface area contributed by atoms with E-state index in [0.717, 1.165) is 12.8 Å². The van der Waals surface area contributed by atoms with Crippen LogP contribution >= 0.6 is 0 Å². The zero-order valence-corrected chi connectivity index (χ0v) is 15.4. The average molecular weight is 367 g/mol. The Balaban J connectivity index is 0. The van der Waals surface area contributed by atoms with Gasteiger partial charge in [-0.15, -0.1) is 0 Å². The number of carbonyl (C=O) groups excluding carboxylic acids is 1. The van der Waals surface area contributed by atoms with Crippen molar-refractivity contribution in [3.8, 4) is 0 Å². The molecule has 0 radical (unpaired) electrons. The van der Waals surface area contributed by atoms with Gasteiger partial charge in [0.1, 0.15) is 0 Å². The molecule has 144 valence electrons. The maximum Gasteiger partial charge on any atom is 0.316 e. The molecule has 0 saturated carbocycles. The SMILES string of the molecule is CCCCCCCCCCCCCCC=COC(=O)CCC(=O)O.[MgH2]. The molecule has 0 rings (SSSR count). The normalized spacial score (nSPS) is 10.6. The molecule has 0 aliphatic rings. The highest BCUT2D eigenvalue weighted by atomic mass is 24.3. The molecule has 0 atom stereocenters. The van der Waals surface area contributed by atoms with Crippen LogP contribution in [0.2, 0.25) is 0 Å². The summed E-state index contributed by atoms with van der Waals surface area (Å²) in [5.41, 5.74) is 0. The van der Waals surface area contributed by atoms with Crippen molar-refractivity contribution >= 4 is 35.0 Å². The van der Waals surface area contributed by atoms with Crippen molar-refractivity contribution in [1.82, 2.24) is 0 Å². The molecule has 0 bridgehead atoms. The van der Waals surface area contributed by atoms with Crippen LogP contribution in [0.1, 0.15) is 103 Å². The van der Waals surface area contributed by atoms with Crippen LogP contribution in [0.5, 0.6) is 0 Å². The molecule has 0 aromatic carbocycles. The number of esters is 1. The number of carboxylic acids is 1. The molecular weight excluding hydrogens is 329 g/mol. The van der Waals surface area contributed by atoms with E-state index in [4.69, 9.17) is 9.84 Å². The second kappa shape index (κ2) is 21.5. The molecule has 25 heavy (non-hydrogen) atoms. The largest absolute Gasteiger partial charge is 0.481 e. The molecule has 4 nitrogen and oxygen atoms in total. The second-order valence-electron chi connectivity index (χ2n) is 6.43. The van der Waals surface area contributed by atoms with E-state index in [1.807, 2.05) is 6.08 Å². The predicted molar refractivity (Wildman–Crippen MR) is 106 cm³/mol. The van der Waals surface area contributed by atoms with Crippen LogP contribution in [0.25, 0.3) is 0 Å². The maximum atomic E-state index is 11.1. The van der Waals surface area contributed by atoms with E-state index >= 15 is 0 Å². The third kappa shape index (κ3) is 23.4. The summed E-state index contributed by atoms with van der Waals surface area (Å²) in [6, 6.07) is 0. The smallest absolute Gasteiger partial charge is 0.316 e. The summed E-state index contributed by atoms with van der Waals surface area (Å²) >= 11 is 0. The van der Waals surface area contributed by atoms with Gasteiger partial charge >= 0.3 is 35.0 Å². The van der Waals surface area contributed by atoms with Crippen molar-refractivity contribution in [2.75, 3.05) is 0 Å². The van der Waals surface area contributed by atoms with Crippen LogP contribution in [-0.2, 0) is 14.3 Å². The first kappa shape index (κ1) is 26.7. The van der Waals surface area contributed by atoms with Gasteiger partial charge in [0.25, 0.3) is 0 Å². The Morgan fingerprint density at radius 1 is 0.800 bits per heavy atom. The van der Waals surface area contributed by atoms with Crippen molar-refractivity contribution in [2.24, 2.45) is 0 Å². The number of allylic oxidation sites excluding steroid dienone is 1. The van der Waals surface area contributed by atoms with E-state index in [1.54, 1.807) is 0 Å². The molecule has 0 aromatic heterocycles. The Hall–Kier alpha value is -0.554. The Morgan fingerprint density at radius 2 is 1.28 bits per heavy atom. The fourth-order valence-corrected chi connectivity index (χ4v) is 2.56. The number of hydrogen-bond acceptors (Lipinski definition) is 3. The molecular formula is C20H38MgO4. The first-order chi connectivity index (χ1) is 11.7. The van der Waals surface area contributed by atoms with Crippen LogP contribution in [-0.4, -0.2) is 40.1 Å². The van der Waals surface area contributed by atoms with Gasteiger partial charge in [-0.05, 0) is 18.9 Å².